The molecule has 11 heteroatoms. The molecule has 0 radical (unpaired) electrons. The zero-order valence-electron chi connectivity index (χ0n) is 31.7. The quantitative estimate of drug-likeness (QED) is 0.0640. The van der Waals surface area contributed by atoms with E-state index >= 15 is 0 Å². The lowest BCUT2D eigenvalue weighted by Crippen LogP contribution is -2.30. The number of hydrogen-bond acceptors (Lipinski definition) is 8. The third-order valence-corrected chi connectivity index (χ3v) is 12.0. The summed E-state index contributed by atoms with van der Waals surface area (Å²) >= 11 is 2.80. The van der Waals surface area contributed by atoms with Gasteiger partial charge in [0.05, 0.1) is 17.9 Å². The van der Waals surface area contributed by atoms with E-state index in [4.69, 9.17) is 9.15 Å². The van der Waals surface area contributed by atoms with Crippen molar-refractivity contribution in [1.29, 1.82) is 0 Å². The van der Waals surface area contributed by atoms with Crippen LogP contribution in [0.15, 0.2) is 136 Å². The zero-order valence-corrected chi connectivity index (χ0v) is 33.3. The minimum absolute atomic E-state index is 0.00503. The van der Waals surface area contributed by atoms with Gasteiger partial charge in [0.2, 0.25) is 5.91 Å². The summed E-state index contributed by atoms with van der Waals surface area (Å²) in [6.07, 6.45) is 3.93. The number of esters is 1. The number of methoxy groups -OCH3 is 1. The van der Waals surface area contributed by atoms with E-state index < -0.39 is 23.0 Å². The Kier molecular flexibility index (Phi) is 12.2. The van der Waals surface area contributed by atoms with Crippen molar-refractivity contribution >= 4 is 63.6 Å². The number of furan rings is 1. The van der Waals surface area contributed by atoms with Gasteiger partial charge >= 0.3 is 5.97 Å². The summed E-state index contributed by atoms with van der Waals surface area (Å²) in [5.41, 5.74) is 5.56. The number of amides is 3. The van der Waals surface area contributed by atoms with Crippen molar-refractivity contribution < 1.29 is 28.3 Å². The first-order valence-electron chi connectivity index (χ1n) is 18.6. The van der Waals surface area contributed by atoms with Crippen LogP contribution in [-0.2, 0) is 27.2 Å². The second kappa shape index (κ2) is 17.7. The molecule has 0 saturated heterocycles. The van der Waals surface area contributed by atoms with Gasteiger partial charge in [-0.2, -0.15) is 0 Å². The summed E-state index contributed by atoms with van der Waals surface area (Å²) < 4.78 is 11.2. The van der Waals surface area contributed by atoms with E-state index in [2.05, 4.69) is 28.1 Å². The lowest BCUT2D eigenvalue weighted by atomic mass is 9.83. The highest BCUT2D eigenvalue weighted by atomic mass is 32.2. The molecule has 9 nitrogen and oxygen atoms in total. The molecule has 0 aliphatic heterocycles. The molecule has 1 aliphatic carbocycles. The number of thiophene rings is 1. The molecule has 0 fully saturated rings. The summed E-state index contributed by atoms with van der Waals surface area (Å²) in [4.78, 5) is 55.2. The molecular weight excluding hydrogens is 755 g/mol. The number of benzene rings is 4. The number of thioether (sulfide) groups is 1. The van der Waals surface area contributed by atoms with E-state index in [1.807, 2.05) is 73.7 Å². The van der Waals surface area contributed by atoms with Gasteiger partial charge in [0.1, 0.15) is 22.2 Å². The standard InChI is InChI=1S/C46H41N3O6S2/c1-28-14-16-31(17-15-28)39-25-21-35(55-39)27-38(48-43(51)32-12-8-5-9-13-32)44(52)47-34-19-22-36(23-20-34)56-29(2)42(50)49-45-41(46(53)54-3)37-24-18-33(26-40(37)57-45)30-10-6-4-7-11-30/h4-17,19-23,25,27,29,33H,18,24,26H2,1-3H3,(H,47,52)(H,48,51)(H,49,50)/b38-27-/t29-,33-/m1/s1. The first-order valence-corrected chi connectivity index (χ1v) is 20.3. The lowest BCUT2D eigenvalue weighted by Gasteiger charge is -2.22. The molecule has 6 aromatic rings. The highest BCUT2D eigenvalue weighted by molar-refractivity contribution is 8.00. The fourth-order valence-electron chi connectivity index (χ4n) is 6.68. The fraction of sp³-hybridized carbons (Fsp3) is 0.174. The Labute approximate surface area is 339 Å². The van der Waals surface area contributed by atoms with Gasteiger partial charge in [0.15, 0.2) is 0 Å². The van der Waals surface area contributed by atoms with Gasteiger partial charge in [-0.1, -0.05) is 78.4 Å². The van der Waals surface area contributed by atoms with Gasteiger partial charge < -0.3 is 25.1 Å². The maximum absolute atomic E-state index is 13.7. The van der Waals surface area contributed by atoms with Gasteiger partial charge in [0.25, 0.3) is 11.8 Å². The van der Waals surface area contributed by atoms with Crippen LogP contribution in [0.4, 0.5) is 10.7 Å². The van der Waals surface area contributed by atoms with E-state index in [1.165, 1.54) is 41.8 Å². The first-order chi connectivity index (χ1) is 27.6. The fourth-order valence-corrected chi connectivity index (χ4v) is 8.86. The number of carbonyl (C=O) groups is 4. The average molecular weight is 796 g/mol. The highest BCUT2D eigenvalue weighted by Gasteiger charge is 2.31. The molecule has 0 unspecified atom stereocenters. The molecule has 0 saturated carbocycles. The molecule has 3 N–H and O–H groups in total. The van der Waals surface area contributed by atoms with E-state index in [-0.39, 0.29) is 11.6 Å². The largest absolute Gasteiger partial charge is 0.465 e. The Morgan fingerprint density at radius 2 is 1.56 bits per heavy atom. The van der Waals surface area contributed by atoms with Crippen LogP contribution in [0.3, 0.4) is 0 Å². The van der Waals surface area contributed by atoms with Gasteiger partial charge in [-0.3, -0.25) is 14.4 Å². The van der Waals surface area contributed by atoms with Crippen molar-refractivity contribution in [1.82, 2.24) is 5.32 Å². The first kappa shape index (κ1) is 39.1. The topological polar surface area (TPSA) is 127 Å². The minimum Gasteiger partial charge on any atom is -0.465 e. The Bertz CT molecular complexity index is 2420. The maximum Gasteiger partial charge on any atom is 0.341 e. The van der Waals surface area contributed by atoms with Crippen LogP contribution in [0.2, 0.25) is 0 Å². The number of anilines is 2. The van der Waals surface area contributed by atoms with Crippen molar-refractivity contribution in [3.63, 3.8) is 0 Å². The van der Waals surface area contributed by atoms with E-state index in [1.54, 1.807) is 49.4 Å². The molecule has 2 aromatic heterocycles. The number of rotatable bonds is 12. The van der Waals surface area contributed by atoms with Gasteiger partial charge in [-0.05, 0) is 98.7 Å². The maximum atomic E-state index is 13.7. The van der Waals surface area contributed by atoms with Crippen LogP contribution < -0.4 is 16.0 Å². The van der Waals surface area contributed by atoms with Crippen molar-refractivity contribution in [2.45, 2.75) is 49.2 Å². The summed E-state index contributed by atoms with van der Waals surface area (Å²) in [6, 6.07) is 37.5. The molecule has 3 amide bonds. The van der Waals surface area contributed by atoms with E-state index in [0.29, 0.717) is 39.3 Å². The Morgan fingerprint density at radius 3 is 2.26 bits per heavy atom. The summed E-state index contributed by atoms with van der Waals surface area (Å²) in [6.45, 7) is 3.81. The van der Waals surface area contributed by atoms with Gasteiger partial charge in [0, 0.05) is 32.7 Å². The van der Waals surface area contributed by atoms with Crippen molar-refractivity contribution in [3.05, 3.63) is 165 Å². The van der Waals surface area contributed by atoms with Crippen LogP contribution >= 0.6 is 23.1 Å². The molecular formula is C46H41N3O6S2. The van der Waals surface area contributed by atoms with Crippen molar-refractivity contribution in [3.8, 4) is 11.3 Å². The number of nitrogens with one attached hydrogen (secondary N) is 3. The second-order valence-corrected chi connectivity index (χ2v) is 16.2. The number of fused-ring (bicyclic) bond motifs is 1. The van der Waals surface area contributed by atoms with Gasteiger partial charge in [-0.15, -0.1) is 23.1 Å². The normalized spacial score (nSPS) is 14.2. The van der Waals surface area contributed by atoms with Crippen LogP contribution in [-0.4, -0.2) is 36.1 Å². The number of ether oxygens (including phenoxy) is 1. The monoisotopic (exact) mass is 795 g/mol. The summed E-state index contributed by atoms with van der Waals surface area (Å²) in [7, 11) is 1.36. The predicted octanol–water partition coefficient (Wildman–Crippen LogP) is 9.90. The SMILES string of the molecule is COC(=O)c1c(NC(=O)[C@@H](C)Sc2ccc(NC(=O)/C(=C/c3ccc(-c4ccc(C)cc4)o3)NC(=O)c3ccccc3)cc2)sc2c1CC[C@@H](c1ccccc1)C2. The summed E-state index contributed by atoms with van der Waals surface area (Å²) in [5, 5.41) is 8.63. The zero-order chi connectivity index (χ0) is 39.9. The smallest absolute Gasteiger partial charge is 0.341 e. The van der Waals surface area contributed by atoms with Crippen LogP contribution in [0, 0.1) is 6.92 Å². The van der Waals surface area contributed by atoms with E-state index in [0.717, 1.165) is 45.7 Å². The Morgan fingerprint density at radius 1 is 0.860 bits per heavy atom. The molecule has 0 bridgehead atoms. The molecule has 288 valence electrons. The summed E-state index contributed by atoms with van der Waals surface area (Å²) in [5.74, 6) is -0.323. The third-order valence-electron chi connectivity index (χ3n) is 9.74. The van der Waals surface area contributed by atoms with E-state index in [9.17, 15) is 19.2 Å². The second-order valence-electron chi connectivity index (χ2n) is 13.7. The average Bonchev–Trinajstić information content (AvgIpc) is 3.85. The molecule has 57 heavy (non-hydrogen) atoms. The molecule has 0 spiro atoms. The molecule has 2 atom stereocenters. The number of carbonyl (C=O) groups excluding carboxylic acids is 4. The van der Waals surface area contributed by atoms with Crippen molar-refractivity contribution in [2.24, 2.45) is 0 Å². The molecule has 4 aromatic carbocycles. The number of hydrogen-bond donors (Lipinski definition) is 3. The Balaban J connectivity index is 1.02. The lowest BCUT2D eigenvalue weighted by molar-refractivity contribution is -0.115. The third kappa shape index (κ3) is 9.45. The molecule has 7 rings (SSSR count). The van der Waals surface area contributed by atoms with Crippen LogP contribution in [0.1, 0.15) is 67.3 Å². The highest BCUT2D eigenvalue weighted by Crippen LogP contribution is 2.43. The van der Waals surface area contributed by atoms with Crippen LogP contribution in [0.25, 0.3) is 17.4 Å². The van der Waals surface area contributed by atoms with Crippen LogP contribution in [0.5, 0.6) is 0 Å². The van der Waals surface area contributed by atoms with Gasteiger partial charge in [-0.25, -0.2) is 4.79 Å². The predicted molar refractivity (Wildman–Crippen MR) is 227 cm³/mol. The number of aryl methyl sites for hydroxylation is 1. The molecule has 2 heterocycles. The van der Waals surface area contributed by atoms with Crippen molar-refractivity contribution in [2.75, 3.05) is 17.7 Å². The molecule has 1 aliphatic rings. The Hall–Kier alpha value is -6.17. The minimum atomic E-state index is -0.545.